The number of nitrogens with zero attached hydrogens (tertiary/aromatic N) is 3. The van der Waals surface area contributed by atoms with Crippen molar-refractivity contribution in [3.63, 3.8) is 0 Å². The zero-order chi connectivity index (χ0) is 65.4. The van der Waals surface area contributed by atoms with E-state index in [4.69, 9.17) is 28.4 Å². The SMILES string of the molecule is C.CC(CC(C)(C)C(=O)OCCOC(=O)CCCC(=O)N1C(=O)c2ccccc2S1(=O)=O)C(=O)N(C)C.COC(=O)C(C)(CC(C)(C)C(=O)OCCOC(=O)CCCC(=O)N1C(=O)c2ccccc2S1(=O)=O)CC(C)(C)C(=O)OC1CC2CCC1C2(C)C. The van der Waals surface area contributed by atoms with Crippen LogP contribution in [0.25, 0.3) is 0 Å². The van der Waals surface area contributed by atoms with Crippen molar-refractivity contribution in [2.75, 3.05) is 47.6 Å². The number of ether oxygens (including phenoxy) is 6. The first-order valence-corrected chi connectivity index (χ1v) is 31.8. The molecule has 5 unspecified atom stereocenters. The van der Waals surface area contributed by atoms with Crippen molar-refractivity contribution in [3.8, 4) is 0 Å². The summed E-state index contributed by atoms with van der Waals surface area (Å²) >= 11 is 0. The van der Waals surface area contributed by atoms with Gasteiger partial charge in [0, 0.05) is 51.6 Å². The Kier molecular flexibility index (Phi) is 24.2. The van der Waals surface area contributed by atoms with Gasteiger partial charge in [-0.15, -0.1) is 0 Å². The lowest BCUT2D eigenvalue weighted by Gasteiger charge is -2.39. The molecule has 2 bridgehead atoms. The van der Waals surface area contributed by atoms with E-state index in [2.05, 4.69) is 13.8 Å². The van der Waals surface area contributed by atoms with E-state index in [0.29, 0.717) is 11.8 Å². The molecule has 88 heavy (non-hydrogen) atoms. The molecule has 26 heteroatoms. The molecule has 0 radical (unpaired) electrons. The molecule has 2 saturated carbocycles. The number of carbonyl (C=O) groups is 11. The molecule has 2 aliphatic heterocycles. The Balaban J connectivity index is 0.000000395. The summed E-state index contributed by atoms with van der Waals surface area (Å²) in [7, 11) is -4.02. The summed E-state index contributed by atoms with van der Waals surface area (Å²) in [5.74, 6) is -6.90. The van der Waals surface area contributed by atoms with Crippen LogP contribution in [0.5, 0.6) is 0 Å². The summed E-state index contributed by atoms with van der Waals surface area (Å²) in [5, 5.41) is 0. The average Bonchev–Trinajstić information content (AvgIpc) is 1.90. The number of fused-ring (bicyclic) bond motifs is 4. The lowest BCUT2D eigenvalue weighted by atomic mass is 9.66. The van der Waals surface area contributed by atoms with Crippen LogP contribution in [0, 0.1) is 44.8 Å². The summed E-state index contributed by atoms with van der Waals surface area (Å²) in [6.45, 7) is 17.0. The minimum absolute atomic E-state index is 0. The number of esters is 6. The van der Waals surface area contributed by atoms with Gasteiger partial charge in [-0.3, -0.25) is 52.7 Å². The van der Waals surface area contributed by atoms with Crippen LogP contribution in [0.4, 0.5) is 0 Å². The summed E-state index contributed by atoms with van der Waals surface area (Å²) in [4.78, 5) is 139. The number of sulfonamides is 2. The quantitative estimate of drug-likeness (QED) is 0.0503. The van der Waals surface area contributed by atoms with Crippen LogP contribution < -0.4 is 0 Å². The Bertz CT molecular complexity index is 3240. The highest BCUT2D eigenvalue weighted by Gasteiger charge is 2.56. The molecule has 6 rings (SSSR count). The van der Waals surface area contributed by atoms with Gasteiger partial charge in [0.05, 0.1) is 39.9 Å². The molecule has 0 aromatic heterocycles. The van der Waals surface area contributed by atoms with Crippen LogP contribution in [0.2, 0.25) is 0 Å². The van der Waals surface area contributed by atoms with E-state index in [9.17, 15) is 69.6 Å². The fourth-order valence-electron chi connectivity index (χ4n) is 12.3. The fourth-order valence-corrected chi connectivity index (χ4v) is 15.4. The van der Waals surface area contributed by atoms with Crippen molar-refractivity contribution in [2.45, 2.75) is 170 Å². The molecule has 5 amide bonds. The van der Waals surface area contributed by atoms with Gasteiger partial charge in [0.1, 0.15) is 42.3 Å². The number of amides is 5. The maximum atomic E-state index is 13.5. The molecule has 2 heterocycles. The summed E-state index contributed by atoms with van der Waals surface area (Å²) in [5.41, 5.74) is -4.46. The van der Waals surface area contributed by atoms with Crippen molar-refractivity contribution in [1.29, 1.82) is 0 Å². The van der Waals surface area contributed by atoms with E-state index in [-0.39, 0.29) is 145 Å². The highest BCUT2D eigenvalue weighted by Crippen LogP contribution is 2.59. The molecule has 0 saturated heterocycles. The first-order valence-electron chi connectivity index (χ1n) is 28.9. The predicted molar refractivity (Wildman–Crippen MR) is 316 cm³/mol. The molecule has 5 atom stereocenters. The summed E-state index contributed by atoms with van der Waals surface area (Å²) in [6, 6.07) is 11.1. The monoisotopic (exact) mass is 1270 g/mol. The first-order chi connectivity index (χ1) is 40.3. The number of hydrogen-bond acceptors (Lipinski definition) is 21. The van der Waals surface area contributed by atoms with Gasteiger partial charge in [0.25, 0.3) is 31.9 Å². The second kappa shape index (κ2) is 29.0. The fraction of sp³-hybridized carbons (Fsp3) is 0.629. The van der Waals surface area contributed by atoms with Gasteiger partial charge in [0.2, 0.25) is 17.7 Å². The lowest BCUT2D eigenvalue weighted by molar-refractivity contribution is -0.171. The maximum Gasteiger partial charge on any atom is 0.311 e. The predicted octanol–water partition coefficient (Wildman–Crippen LogP) is 7.39. The Hall–Kier alpha value is -7.09. The highest BCUT2D eigenvalue weighted by molar-refractivity contribution is 7.91. The molecule has 2 fully saturated rings. The van der Waals surface area contributed by atoms with Crippen molar-refractivity contribution in [2.24, 2.45) is 44.8 Å². The van der Waals surface area contributed by atoms with E-state index in [1.807, 2.05) is 0 Å². The number of benzene rings is 2. The van der Waals surface area contributed by atoms with Gasteiger partial charge in [-0.05, 0) is 135 Å². The minimum atomic E-state index is -4.30. The smallest absolute Gasteiger partial charge is 0.311 e. The minimum Gasteiger partial charge on any atom is -0.469 e. The maximum absolute atomic E-state index is 13.5. The van der Waals surface area contributed by atoms with Crippen LogP contribution in [-0.4, -0.2) is 149 Å². The second-order valence-electron chi connectivity index (χ2n) is 25.6. The molecule has 2 aromatic carbocycles. The highest BCUT2D eigenvalue weighted by atomic mass is 32.2. The van der Waals surface area contributed by atoms with E-state index >= 15 is 0 Å². The van der Waals surface area contributed by atoms with Crippen molar-refractivity contribution >= 4 is 85.4 Å². The van der Waals surface area contributed by atoms with Crippen molar-refractivity contribution in [3.05, 3.63) is 59.7 Å². The summed E-state index contributed by atoms with van der Waals surface area (Å²) in [6.07, 6.45) is 1.94. The van der Waals surface area contributed by atoms with E-state index < -0.39 is 101 Å². The van der Waals surface area contributed by atoms with Crippen LogP contribution in [0.1, 0.15) is 174 Å². The molecule has 4 aliphatic rings. The third-order valence-corrected chi connectivity index (χ3v) is 20.1. The van der Waals surface area contributed by atoms with Gasteiger partial charge in [0.15, 0.2) is 0 Å². The second-order valence-corrected chi connectivity index (χ2v) is 29.1. The molecule has 2 aliphatic carbocycles. The lowest BCUT2D eigenvalue weighted by Crippen LogP contribution is -2.44. The van der Waals surface area contributed by atoms with Crippen LogP contribution >= 0.6 is 0 Å². The van der Waals surface area contributed by atoms with Gasteiger partial charge in [-0.1, -0.05) is 52.5 Å². The van der Waals surface area contributed by atoms with Crippen molar-refractivity contribution in [1.82, 2.24) is 13.5 Å². The largest absolute Gasteiger partial charge is 0.469 e. The number of hydrogen-bond donors (Lipinski definition) is 0. The van der Waals surface area contributed by atoms with Gasteiger partial charge < -0.3 is 33.3 Å². The molecule has 24 nitrogen and oxygen atoms in total. The molecular weight excluding hydrogens is 1190 g/mol. The van der Waals surface area contributed by atoms with Gasteiger partial charge in [-0.2, -0.15) is 8.61 Å². The zero-order valence-corrected chi connectivity index (χ0v) is 53.6. The number of imide groups is 2. The van der Waals surface area contributed by atoms with Crippen LogP contribution in [0.3, 0.4) is 0 Å². The molecular formula is C62H87N3O21S2. The van der Waals surface area contributed by atoms with Gasteiger partial charge >= 0.3 is 35.8 Å². The van der Waals surface area contributed by atoms with Crippen LogP contribution in [0.15, 0.2) is 58.3 Å². The third kappa shape index (κ3) is 16.8. The average molecular weight is 1270 g/mol. The van der Waals surface area contributed by atoms with Crippen LogP contribution in [-0.2, 0) is 91.6 Å². The topological polar surface area (TPSA) is 321 Å². The van der Waals surface area contributed by atoms with E-state index in [0.717, 1.165) is 19.3 Å². The Labute approximate surface area is 516 Å². The Morgan fingerprint density at radius 2 is 1.01 bits per heavy atom. The number of carbonyl (C=O) groups excluding carboxylic acids is 11. The normalized spacial score (nSPS) is 19.4. The molecule has 0 N–H and O–H groups in total. The Morgan fingerprint density at radius 1 is 0.602 bits per heavy atom. The standard InChI is InChI=1S/C37H51NO12S.C24H32N2O9S.CH4/c1-34(2,21-37(7,33(44)47-8)22-35(3,4)32(43)50-26-20-23-16-17-25(26)36(23,5)6)31(42)49-19-18-48-29(40)15-11-14-28(39)38-30(41)24-12-9-10-13-27(24)51(38,45)46;1-16(21(29)25(4)5)15-24(2,3)23(31)35-14-13-34-20(28)12-8-11-19(27)26-22(30)17-9-6-7-10-18(17)36(26,32)33;/h9-10,12-13,23,25-26H,11,14-22H2,1-8H3;6-7,9-10,16H,8,11-15H2,1-5H3;1H4. The number of methoxy groups -OCH3 is 1. The van der Waals surface area contributed by atoms with Crippen molar-refractivity contribution < 1.29 is 98.0 Å². The van der Waals surface area contributed by atoms with Gasteiger partial charge in [-0.25, -0.2) is 16.8 Å². The summed E-state index contributed by atoms with van der Waals surface area (Å²) < 4.78 is 82.6. The molecule has 488 valence electrons. The number of rotatable bonds is 26. The molecule has 2 aromatic rings. The molecule has 0 spiro atoms. The first kappa shape index (κ1) is 73.4. The van der Waals surface area contributed by atoms with E-state index in [1.54, 1.807) is 69.5 Å². The Morgan fingerprint density at radius 3 is 1.40 bits per heavy atom. The van der Waals surface area contributed by atoms with E-state index in [1.165, 1.54) is 60.5 Å². The zero-order valence-electron chi connectivity index (χ0n) is 52.0. The third-order valence-electron chi connectivity index (χ3n) is 16.5.